The van der Waals surface area contributed by atoms with Gasteiger partial charge in [0.05, 0.1) is 7.11 Å². The lowest BCUT2D eigenvalue weighted by Crippen LogP contribution is -2.49. The minimum Gasteiger partial charge on any atom is -0.479 e. The number of aliphatic hydroxyl groups is 1. The minimum atomic E-state index is -2.60. The number of hydrogen-bond donors (Lipinski definition) is 2. The Labute approximate surface area is 135 Å². The summed E-state index contributed by atoms with van der Waals surface area (Å²) in [5.74, 6) is -2.88. The van der Waals surface area contributed by atoms with Gasteiger partial charge in [-0.05, 0) is 40.0 Å². The van der Waals surface area contributed by atoms with Crippen molar-refractivity contribution >= 4 is 18.0 Å². The van der Waals surface area contributed by atoms with E-state index < -0.39 is 29.2 Å². The van der Waals surface area contributed by atoms with Gasteiger partial charge in [-0.1, -0.05) is 0 Å². The molecule has 132 valence electrons. The summed E-state index contributed by atoms with van der Waals surface area (Å²) in [6, 6.07) is -0.277. The summed E-state index contributed by atoms with van der Waals surface area (Å²) in [5.41, 5.74) is -3.23. The second kappa shape index (κ2) is 7.16. The lowest BCUT2D eigenvalue weighted by Gasteiger charge is -2.30. The van der Waals surface area contributed by atoms with Crippen LogP contribution in [-0.2, 0) is 19.1 Å². The molecular formula is C15H25NO7. The van der Waals surface area contributed by atoms with Crippen LogP contribution in [0.25, 0.3) is 0 Å². The van der Waals surface area contributed by atoms with Gasteiger partial charge in [-0.15, -0.1) is 0 Å². The number of rotatable bonds is 5. The number of carboxylic acid groups (broad SMARTS) is 1. The molecule has 1 aliphatic heterocycles. The molecule has 0 radical (unpaired) electrons. The molecule has 8 nitrogen and oxygen atoms in total. The van der Waals surface area contributed by atoms with E-state index in [-0.39, 0.29) is 18.9 Å². The molecule has 0 aromatic heterocycles. The van der Waals surface area contributed by atoms with Gasteiger partial charge in [0.2, 0.25) is 0 Å². The fourth-order valence-electron chi connectivity index (χ4n) is 2.54. The maximum Gasteiger partial charge on any atom is 0.410 e. The number of methoxy groups -OCH3 is 1. The first-order valence-corrected chi connectivity index (χ1v) is 7.55. The lowest BCUT2D eigenvalue weighted by atomic mass is 9.94. The monoisotopic (exact) mass is 331 g/mol. The highest BCUT2D eigenvalue weighted by atomic mass is 16.6. The van der Waals surface area contributed by atoms with Crippen molar-refractivity contribution < 1.29 is 34.1 Å². The summed E-state index contributed by atoms with van der Waals surface area (Å²) in [7, 11) is 1.01. The zero-order valence-electron chi connectivity index (χ0n) is 14.0. The van der Waals surface area contributed by atoms with Crippen LogP contribution < -0.4 is 0 Å². The summed E-state index contributed by atoms with van der Waals surface area (Å²) in [6.45, 7) is 5.78. The van der Waals surface area contributed by atoms with E-state index in [0.717, 1.165) is 13.5 Å². The molecule has 0 spiro atoms. The molecule has 1 aliphatic rings. The third-order valence-electron chi connectivity index (χ3n) is 3.72. The number of esters is 1. The van der Waals surface area contributed by atoms with Gasteiger partial charge in [-0.2, -0.15) is 0 Å². The highest BCUT2D eigenvalue weighted by Crippen LogP contribution is 2.27. The van der Waals surface area contributed by atoms with E-state index in [9.17, 15) is 19.5 Å². The molecule has 0 bridgehead atoms. The van der Waals surface area contributed by atoms with Crippen LogP contribution in [-0.4, -0.2) is 64.0 Å². The SMILES string of the molecule is COC(=O)[C@](O)(CCC1CCCN1C(=O)OC(C)(C)C)C(=O)O. The van der Waals surface area contributed by atoms with Gasteiger partial charge < -0.3 is 24.6 Å². The van der Waals surface area contributed by atoms with Gasteiger partial charge in [0.15, 0.2) is 0 Å². The molecule has 1 saturated heterocycles. The number of hydrogen-bond acceptors (Lipinski definition) is 6. The van der Waals surface area contributed by atoms with Crippen LogP contribution >= 0.6 is 0 Å². The quantitative estimate of drug-likeness (QED) is 0.574. The largest absolute Gasteiger partial charge is 0.479 e. The van der Waals surface area contributed by atoms with Gasteiger partial charge >= 0.3 is 18.0 Å². The number of nitrogens with zero attached hydrogens (tertiary/aromatic N) is 1. The van der Waals surface area contributed by atoms with Crippen LogP contribution in [0.15, 0.2) is 0 Å². The molecule has 1 rings (SSSR count). The van der Waals surface area contributed by atoms with Crippen LogP contribution in [0.3, 0.4) is 0 Å². The van der Waals surface area contributed by atoms with Gasteiger partial charge in [-0.3, -0.25) is 0 Å². The number of aliphatic carboxylic acids is 1. The number of carboxylic acids is 1. The first-order valence-electron chi connectivity index (χ1n) is 7.55. The fraction of sp³-hybridized carbons (Fsp3) is 0.800. The van der Waals surface area contributed by atoms with Gasteiger partial charge in [-0.25, -0.2) is 14.4 Å². The van der Waals surface area contributed by atoms with E-state index in [1.54, 1.807) is 20.8 Å². The van der Waals surface area contributed by atoms with E-state index in [4.69, 9.17) is 9.84 Å². The highest BCUT2D eigenvalue weighted by Gasteiger charge is 2.46. The highest BCUT2D eigenvalue weighted by molar-refractivity contribution is 6.02. The van der Waals surface area contributed by atoms with E-state index >= 15 is 0 Å². The van der Waals surface area contributed by atoms with Gasteiger partial charge in [0.1, 0.15) is 5.60 Å². The van der Waals surface area contributed by atoms with Crippen molar-refractivity contribution in [2.75, 3.05) is 13.7 Å². The Morgan fingerprint density at radius 1 is 1.26 bits per heavy atom. The van der Waals surface area contributed by atoms with Crippen molar-refractivity contribution in [3.63, 3.8) is 0 Å². The molecule has 8 heteroatoms. The Hall–Kier alpha value is -1.83. The predicted molar refractivity (Wildman–Crippen MR) is 79.8 cm³/mol. The average molecular weight is 331 g/mol. The van der Waals surface area contributed by atoms with Crippen LogP contribution in [0, 0.1) is 0 Å². The van der Waals surface area contributed by atoms with E-state index in [0.29, 0.717) is 13.0 Å². The maximum absolute atomic E-state index is 12.2. The van der Waals surface area contributed by atoms with E-state index in [1.807, 2.05) is 0 Å². The zero-order chi connectivity index (χ0) is 17.8. The molecular weight excluding hydrogens is 306 g/mol. The fourth-order valence-corrected chi connectivity index (χ4v) is 2.54. The van der Waals surface area contributed by atoms with Crippen molar-refractivity contribution in [1.29, 1.82) is 0 Å². The third-order valence-corrected chi connectivity index (χ3v) is 3.72. The smallest absolute Gasteiger partial charge is 0.410 e. The molecule has 0 saturated carbocycles. The molecule has 0 aromatic carbocycles. The molecule has 23 heavy (non-hydrogen) atoms. The summed E-state index contributed by atoms with van der Waals surface area (Å²) in [5, 5.41) is 19.1. The average Bonchev–Trinajstić information content (AvgIpc) is 2.90. The molecule has 1 fully saturated rings. The first kappa shape index (κ1) is 19.2. The third kappa shape index (κ3) is 4.82. The molecule has 2 atom stereocenters. The summed E-state index contributed by atoms with van der Waals surface area (Å²) >= 11 is 0. The summed E-state index contributed by atoms with van der Waals surface area (Å²) < 4.78 is 9.67. The number of carbonyl (C=O) groups excluding carboxylic acids is 2. The Morgan fingerprint density at radius 3 is 2.35 bits per heavy atom. The molecule has 0 aromatic rings. The van der Waals surface area contributed by atoms with Gasteiger partial charge in [0, 0.05) is 19.0 Å². The van der Waals surface area contributed by atoms with Crippen molar-refractivity contribution in [2.45, 2.75) is 63.7 Å². The van der Waals surface area contributed by atoms with Crippen LogP contribution in [0.2, 0.25) is 0 Å². The van der Waals surface area contributed by atoms with Crippen molar-refractivity contribution in [3.05, 3.63) is 0 Å². The molecule has 1 heterocycles. The van der Waals surface area contributed by atoms with Crippen LogP contribution in [0.5, 0.6) is 0 Å². The molecule has 1 amide bonds. The minimum absolute atomic E-state index is 0.164. The van der Waals surface area contributed by atoms with Crippen molar-refractivity contribution in [2.24, 2.45) is 0 Å². The van der Waals surface area contributed by atoms with Gasteiger partial charge in [0.25, 0.3) is 5.60 Å². The first-order chi connectivity index (χ1) is 10.5. The Bertz CT molecular complexity index is 471. The van der Waals surface area contributed by atoms with Crippen LogP contribution in [0.1, 0.15) is 46.5 Å². The maximum atomic E-state index is 12.2. The number of amides is 1. The Morgan fingerprint density at radius 2 is 1.87 bits per heavy atom. The zero-order valence-corrected chi connectivity index (χ0v) is 14.0. The topological polar surface area (TPSA) is 113 Å². The standard InChI is InChI=1S/C15H25NO7/c1-14(2,3)23-13(20)16-9-5-6-10(16)7-8-15(21,11(17)18)12(19)22-4/h10,21H,5-9H2,1-4H3,(H,17,18)/t10?,15-/m0/s1. The molecule has 2 N–H and O–H groups in total. The lowest BCUT2D eigenvalue weighted by molar-refractivity contribution is -0.179. The second-order valence-electron chi connectivity index (χ2n) is 6.67. The number of likely N-dealkylation sites (tertiary alicyclic amines) is 1. The molecule has 0 aliphatic carbocycles. The Balaban J connectivity index is 2.73. The predicted octanol–water partition coefficient (Wildman–Crippen LogP) is 1.15. The number of carbonyl (C=O) groups is 3. The van der Waals surface area contributed by atoms with E-state index in [2.05, 4.69) is 4.74 Å². The Kier molecular flexibility index (Phi) is 5.98. The van der Waals surface area contributed by atoms with Crippen LogP contribution in [0.4, 0.5) is 4.79 Å². The second-order valence-corrected chi connectivity index (χ2v) is 6.67. The normalized spacial score (nSPS) is 20.7. The summed E-state index contributed by atoms with van der Waals surface area (Å²) in [6.07, 6.45) is 0.775. The van der Waals surface area contributed by atoms with Crippen molar-refractivity contribution in [1.82, 2.24) is 4.90 Å². The molecule has 1 unspecified atom stereocenters. The van der Waals surface area contributed by atoms with E-state index in [1.165, 1.54) is 4.90 Å². The van der Waals surface area contributed by atoms with Crippen molar-refractivity contribution in [3.8, 4) is 0 Å². The number of ether oxygens (including phenoxy) is 2. The summed E-state index contributed by atoms with van der Waals surface area (Å²) in [4.78, 5) is 36.4.